The molecule has 0 amide bonds. The second kappa shape index (κ2) is 11.4. The van der Waals surface area contributed by atoms with Gasteiger partial charge in [0.15, 0.2) is 0 Å². The molecule has 0 bridgehead atoms. The van der Waals surface area contributed by atoms with Crippen molar-refractivity contribution in [3.63, 3.8) is 0 Å². The summed E-state index contributed by atoms with van der Waals surface area (Å²) in [6.45, 7) is 0. The van der Waals surface area contributed by atoms with Gasteiger partial charge in [-0.2, -0.15) is 5.26 Å². The highest BCUT2D eigenvalue weighted by atomic mass is 19.1. The number of benzene rings is 2. The third-order valence-corrected chi connectivity index (χ3v) is 6.89. The van der Waals surface area contributed by atoms with E-state index in [1.54, 1.807) is 30.3 Å². The van der Waals surface area contributed by atoms with Crippen LogP contribution in [-0.4, -0.2) is 43.4 Å². The van der Waals surface area contributed by atoms with Crippen LogP contribution in [0.4, 0.5) is 15.8 Å². The van der Waals surface area contributed by atoms with Gasteiger partial charge >= 0.3 is 11.9 Å². The van der Waals surface area contributed by atoms with Gasteiger partial charge in [-0.3, -0.25) is 4.90 Å². The predicted octanol–water partition coefficient (Wildman–Crippen LogP) is 3.44. The number of nitriles is 1. The van der Waals surface area contributed by atoms with Crippen LogP contribution in [0.5, 0.6) is 0 Å². The lowest BCUT2D eigenvalue weighted by Crippen LogP contribution is -2.41. The standard InChI is InChI=1S/C28H29FN4O5/c1-37-27(35)23-22(16-7-4-3-5-8-16)19(15-30)26(31)33(25(23)28(36)38-2)21-10-6-9-20(29)24(21)32-17-11-13-18(34)14-12-17/h3-10,17-18,22,32,34H,11-14,31H2,1-2H3. The molecule has 1 aliphatic carbocycles. The fourth-order valence-electron chi connectivity index (χ4n) is 5.03. The van der Waals surface area contributed by atoms with Crippen LogP contribution in [0.2, 0.25) is 0 Å². The molecule has 0 aromatic heterocycles. The van der Waals surface area contributed by atoms with E-state index in [1.807, 2.05) is 0 Å². The van der Waals surface area contributed by atoms with Crippen molar-refractivity contribution >= 4 is 23.3 Å². The Morgan fingerprint density at radius 2 is 1.71 bits per heavy atom. The van der Waals surface area contributed by atoms with Gasteiger partial charge in [-0.15, -0.1) is 0 Å². The van der Waals surface area contributed by atoms with Crippen molar-refractivity contribution in [2.75, 3.05) is 24.4 Å². The maximum atomic E-state index is 15.3. The second-order valence-corrected chi connectivity index (χ2v) is 9.12. The minimum absolute atomic E-state index is 0.0137. The maximum Gasteiger partial charge on any atom is 0.355 e. The number of hydrogen-bond donors (Lipinski definition) is 3. The van der Waals surface area contributed by atoms with Gasteiger partial charge in [0, 0.05) is 6.04 Å². The van der Waals surface area contributed by atoms with E-state index in [-0.39, 0.29) is 40.1 Å². The number of anilines is 2. The van der Waals surface area contributed by atoms with E-state index in [2.05, 4.69) is 11.4 Å². The number of nitrogens with one attached hydrogen (secondary N) is 1. The molecular formula is C28H29FN4O5. The summed E-state index contributed by atoms with van der Waals surface area (Å²) < 4.78 is 25.4. The first kappa shape index (κ1) is 26.7. The summed E-state index contributed by atoms with van der Waals surface area (Å²) in [5.74, 6) is -3.57. The lowest BCUT2D eigenvalue weighted by molar-refractivity contribution is -0.139. The van der Waals surface area contributed by atoms with Crippen molar-refractivity contribution < 1.29 is 28.6 Å². The van der Waals surface area contributed by atoms with Gasteiger partial charge in [0.2, 0.25) is 0 Å². The Kier molecular flexibility index (Phi) is 7.98. The Morgan fingerprint density at radius 3 is 2.32 bits per heavy atom. The van der Waals surface area contributed by atoms with Crippen LogP contribution in [0.15, 0.2) is 71.2 Å². The number of esters is 2. The molecule has 2 aromatic carbocycles. The minimum atomic E-state index is -1.02. The third kappa shape index (κ3) is 4.93. The number of allylic oxidation sites excluding steroid dienone is 1. The molecule has 1 fully saturated rings. The van der Waals surface area contributed by atoms with Gasteiger partial charge in [-0.1, -0.05) is 36.4 Å². The van der Waals surface area contributed by atoms with E-state index in [9.17, 15) is 20.0 Å². The van der Waals surface area contributed by atoms with E-state index >= 15 is 4.39 Å². The molecular weight excluding hydrogens is 491 g/mol. The molecule has 0 saturated heterocycles. The number of rotatable bonds is 6. The number of carbonyl (C=O) groups is 2. The van der Waals surface area contributed by atoms with Crippen LogP contribution < -0.4 is 16.0 Å². The molecule has 198 valence electrons. The molecule has 10 heteroatoms. The Balaban J connectivity index is 1.97. The maximum absolute atomic E-state index is 15.3. The van der Waals surface area contributed by atoms with Crippen molar-refractivity contribution in [3.05, 3.63) is 82.6 Å². The van der Waals surface area contributed by atoms with Gasteiger partial charge in [0.05, 0.1) is 54.8 Å². The van der Waals surface area contributed by atoms with Crippen LogP contribution in [0.3, 0.4) is 0 Å². The van der Waals surface area contributed by atoms with E-state index in [0.29, 0.717) is 31.2 Å². The number of para-hydroxylation sites is 1. The normalized spacial score (nSPS) is 21.6. The van der Waals surface area contributed by atoms with Crippen LogP contribution >= 0.6 is 0 Å². The first-order valence-electron chi connectivity index (χ1n) is 12.2. The van der Waals surface area contributed by atoms with E-state index in [1.165, 1.54) is 23.1 Å². The van der Waals surface area contributed by atoms with Crippen LogP contribution in [0, 0.1) is 17.1 Å². The van der Waals surface area contributed by atoms with Crippen molar-refractivity contribution in [1.29, 1.82) is 5.26 Å². The fraction of sp³-hybridized carbons (Fsp3) is 0.321. The quantitative estimate of drug-likeness (QED) is 0.489. The molecule has 2 aliphatic rings. The number of methoxy groups -OCH3 is 2. The molecule has 4 rings (SSSR count). The highest BCUT2D eigenvalue weighted by Gasteiger charge is 2.43. The zero-order valence-electron chi connectivity index (χ0n) is 21.1. The first-order valence-corrected chi connectivity index (χ1v) is 12.2. The molecule has 0 spiro atoms. The van der Waals surface area contributed by atoms with Crippen molar-refractivity contribution in [2.24, 2.45) is 5.73 Å². The summed E-state index contributed by atoms with van der Waals surface area (Å²) in [7, 11) is 2.31. The van der Waals surface area contributed by atoms with Gasteiger partial charge in [0.1, 0.15) is 17.3 Å². The lowest BCUT2D eigenvalue weighted by Gasteiger charge is -2.37. The Morgan fingerprint density at radius 1 is 1.05 bits per heavy atom. The zero-order chi connectivity index (χ0) is 27.4. The number of nitrogens with two attached hydrogens (primary N) is 1. The van der Waals surface area contributed by atoms with Crippen LogP contribution in [0.1, 0.15) is 37.2 Å². The van der Waals surface area contributed by atoms with Crippen LogP contribution in [0.25, 0.3) is 0 Å². The number of halogens is 1. The number of carbonyl (C=O) groups excluding carboxylic acids is 2. The fourth-order valence-corrected chi connectivity index (χ4v) is 5.03. The summed E-state index contributed by atoms with van der Waals surface area (Å²) in [5, 5.41) is 23.3. The molecule has 1 saturated carbocycles. The largest absolute Gasteiger partial charge is 0.466 e. The van der Waals surface area contributed by atoms with Gasteiger partial charge in [0.25, 0.3) is 0 Å². The van der Waals surface area contributed by atoms with Crippen LogP contribution in [-0.2, 0) is 19.1 Å². The molecule has 38 heavy (non-hydrogen) atoms. The minimum Gasteiger partial charge on any atom is -0.466 e. The molecule has 2 aromatic rings. The first-order chi connectivity index (χ1) is 18.3. The molecule has 9 nitrogen and oxygen atoms in total. The summed E-state index contributed by atoms with van der Waals surface area (Å²) >= 11 is 0. The molecule has 1 aliphatic heterocycles. The number of aliphatic hydroxyl groups is 1. The molecule has 1 atom stereocenters. The van der Waals surface area contributed by atoms with E-state index in [4.69, 9.17) is 15.2 Å². The van der Waals surface area contributed by atoms with Crippen molar-refractivity contribution in [3.8, 4) is 6.07 Å². The monoisotopic (exact) mass is 520 g/mol. The summed E-state index contributed by atoms with van der Waals surface area (Å²) in [4.78, 5) is 27.7. The van der Waals surface area contributed by atoms with Gasteiger partial charge in [-0.05, 0) is 43.4 Å². The zero-order valence-corrected chi connectivity index (χ0v) is 21.1. The number of ether oxygens (including phenoxy) is 2. The predicted molar refractivity (Wildman–Crippen MR) is 138 cm³/mol. The summed E-state index contributed by atoms with van der Waals surface area (Å²) in [6.07, 6.45) is 1.92. The Hall–Kier alpha value is -4.36. The Bertz CT molecular complexity index is 1330. The summed E-state index contributed by atoms with van der Waals surface area (Å²) in [5.41, 5.74) is 6.80. The molecule has 0 radical (unpaired) electrons. The smallest absolute Gasteiger partial charge is 0.355 e. The van der Waals surface area contributed by atoms with Crippen molar-refractivity contribution in [1.82, 2.24) is 0 Å². The number of nitrogens with zero attached hydrogens (tertiary/aromatic N) is 2. The number of aliphatic hydroxyl groups excluding tert-OH is 1. The van der Waals surface area contributed by atoms with E-state index < -0.39 is 29.8 Å². The topological polar surface area (TPSA) is 138 Å². The third-order valence-electron chi connectivity index (χ3n) is 6.89. The van der Waals surface area contributed by atoms with Crippen molar-refractivity contribution in [2.45, 2.75) is 43.7 Å². The molecule has 4 N–H and O–H groups in total. The van der Waals surface area contributed by atoms with Gasteiger partial charge in [-0.25, -0.2) is 14.0 Å². The highest BCUT2D eigenvalue weighted by Crippen LogP contribution is 2.45. The summed E-state index contributed by atoms with van der Waals surface area (Å²) in [6, 6.07) is 14.8. The highest BCUT2D eigenvalue weighted by molar-refractivity contribution is 6.07. The Labute approximate surface area is 219 Å². The average Bonchev–Trinajstić information content (AvgIpc) is 2.94. The average molecular weight is 521 g/mol. The van der Waals surface area contributed by atoms with E-state index in [0.717, 1.165) is 14.2 Å². The molecule has 1 unspecified atom stereocenters. The number of hydrogen-bond acceptors (Lipinski definition) is 9. The lowest BCUT2D eigenvalue weighted by atomic mass is 9.81. The SMILES string of the molecule is COC(=O)C1=C(C(=O)OC)N(c2cccc(F)c2NC2CCC(O)CC2)C(N)=C(C#N)C1c1ccccc1. The molecule has 1 heterocycles. The van der Waals surface area contributed by atoms with Gasteiger partial charge < -0.3 is 25.6 Å². The second-order valence-electron chi connectivity index (χ2n) is 9.12.